The van der Waals surface area contributed by atoms with E-state index in [1.165, 1.54) is 22.7 Å². The first kappa shape index (κ1) is 15.6. The summed E-state index contributed by atoms with van der Waals surface area (Å²) in [4.78, 5) is 26.8. The normalized spacial score (nSPS) is 31.8. The van der Waals surface area contributed by atoms with Gasteiger partial charge in [-0.2, -0.15) is 0 Å². The van der Waals surface area contributed by atoms with Crippen LogP contribution in [0.25, 0.3) is 0 Å². The number of fused-ring (bicyclic) bond motifs is 1. The molecule has 3 aliphatic heterocycles. The first-order chi connectivity index (χ1) is 10.6. The van der Waals surface area contributed by atoms with Crippen molar-refractivity contribution in [1.82, 2.24) is 4.90 Å². The molecule has 0 saturated carbocycles. The van der Waals surface area contributed by atoms with Crippen molar-refractivity contribution in [3.8, 4) is 0 Å². The van der Waals surface area contributed by atoms with Crippen LogP contribution in [0, 0.1) is 5.92 Å². The summed E-state index contributed by atoms with van der Waals surface area (Å²) in [5.74, 6) is -1.24. The van der Waals surface area contributed by atoms with Crippen molar-refractivity contribution in [2.45, 2.75) is 37.3 Å². The number of carbonyl (C=O) groups excluding carboxylic acids is 2. The predicted octanol–water partition coefficient (Wildman–Crippen LogP) is 1.02. The molecule has 0 radical (unpaired) electrons. The molecule has 120 valence electrons. The van der Waals surface area contributed by atoms with E-state index in [1.807, 2.05) is 0 Å². The number of aliphatic hydroxyl groups is 1. The summed E-state index contributed by atoms with van der Waals surface area (Å²) in [5.41, 5.74) is 0.283. The first-order valence-electron chi connectivity index (χ1n) is 7.37. The Balaban J connectivity index is 1.88. The van der Waals surface area contributed by atoms with Gasteiger partial charge in [-0.3, -0.25) is 9.69 Å². The number of aliphatic hydroxyl groups excluding tert-OH is 1. The van der Waals surface area contributed by atoms with Crippen molar-refractivity contribution in [2.24, 2.45) is 5.92 Å². The minimum absolute atomic E-state index is 0.0956. The number of β-lactam (4-membered cyclic amide) rings is 1. The summed E-state index contributed by atoms with van der Waals surface area (Å²) in [6.45, 7) is 5.87. The molecule has 0 aromatic heterocycles. The van der Waals surface area contributed by atoms with Crippen LogP contribution in [0.5, 0.6) is 0 Å². The highest BCUT2D eigenvalue weighted by Crippen LogP contribution is 2.52. The highest BCUT2D eigenvalue weighted by Gasteiger charge is 2.58. The maximum absolute atomic E-state index is 12.3. The molecule has 3 rings (SSSR count). The third kappa shape index (κ3) is 2.37. The van der Waals surface area contributed by atoms with Gasteiger partial charge in [0.15, 0.2) is 0 Å². The monoisotopic (exact) mass is 325 g/mol. The molecule has 7 heteroatoms. The van der Waals surface area contributed by atoms with E-state index in [4.69, 9.17) is 9.47 Å². The smallest absolute Gasteiger partial charge is 0.356 e. The molecule has 22 heavy (non-hydrogen) atoms. The van der Waals surface area contributed by atoms with Crippen molar-refractivity contribution in [3.63, 3.8) is 0 Å². The van der Waals surface area contributed by atoms with E-state index in [1.54, 1.807) is 6.92 Å². The maximum atomic E-state index is 12.3. The Hall–Kier alpha value is -1.31. The van der Waals surface area contributed by atoms with Gasteiger partial charge in [0.2, 0.25) is 5.91 Å². The van der Waals surface area contributed by atoms with Gasteiger partial charge < -0.3 is 14.6 Å². The third-order valence-corrected chi connectivity index (χ3v) is 5.53. The maximum Gasteiger partial charge on any atom is 0.356 e. The molecular formula is C15H19NO5S. The van der Waals surface area contributed by atoms with Crippen molar-refractivity contribution in [1.29, 1.82) is 0 Å². The van der Waals surface area contributed by atoms with Gasteiger partial charge in [-0.15, -0.1) is 0 Å². The Kier molecular flexibility index (Phi) is 4.29. The third-order valence-electron chi connectivity index (χ3n) is 4.07. The molecule has 4 unspecified atom stereocenters. The second-order valence-electron chi connectivity index (χ2n) is 5.58. The Bertz CT molecular complexity index is 538. The van der Waals surface area contributed by atoms with Crippen LogP contribution >= 0.6 is 11.8 Å². The minimum atomic E-state index is -0.740. The number of rotatable bonds is 5. The molecule has 4 atom stereocenters. The van der Waals surface area contributed by atoms with E-state index < -0.39 is 18.0 Å². The van der Waals surface area contributed by atoms with Crippen LogP contribution in [-0.2, 0) is 19.1 Å². The number of hydrogen-bond donors (Lipinski definition) is 1. The summed E-state index contributed by atoms with van der Waals surface area (Å²) >= 11 is 1.44. The van der Waals surface area contributed by atoms with Gasteiger partial charge in [0.1, 0.15) is 17.7 Å². The van der Waals surface area contributed by atoms with E-state index >= 15 is 0 Å². The molecule has 6 nitrogen and oxygen atoms in total. The second-order valence-corrected chi connectivity index (χ2v) is 6.74. The fraction of sp³-hybridized carbons (Fsp3) is 0.600. The quantitative estimate of drug-likeness (QED) is 0.462. The molecule has 0 aromatic carbocycles. The minimum Gasteiger partial charge on any atom is -0.457 e. The van der Waals surface area contributed by atoms with Gasteiger partial charge in [0.25, 0.3) is 0 Å². The lowest BCUT2D eigenvalue weighted by atomic mass is 9.92. The van der Waals surface area contributed by atoms with Crippen LogP contribution in [0.15, 0.2) is 23.3 Å². The lowest BCUT2D eigenvalue weighted by molar-refractivity contribution is -0.158. The largest absolute Gasteiger partial charge is 0.457 e. The van der Waals surface area contributed by atoms with Gasteiger partial charge in [-0.25, -0.2) is 4.79 Å². The van der Waals surface area contributed by atoms with Crippen LogP contribution in [0.2, 0.25) is 0 Å². The summed E-state index contributed by atoms with van der Waals surface area (Å²) in [5, 5.41) is 9.53. The number of amides is 1. The van der Waals surface area contributed by atoms with Crippen molar-refractivity contribution in [3.05, 3.63) is 23.3 Å². The molecule has 3 heterocycles. The van der Waals surface area contributed by atoms with E-state index in [2.05, 4.69) is 6.58 Å². The van der Waals surface area contributed by atoms with Gasteiger partial charge in [0.05, 0.1) is 18.1 Å². The van der Waals surface area contributed by atoms with Gasteiger partial charge in [0, 0.05) is 11.5 Å². The highest BCUT2D eigenvalue weighted by molar-refractivity contribution is 8.04. The predicted molar refractivity (Wildman–Crippen MR) is 80.6 cm³/mol. The Labute approximate surface area is 133 Å². The summed E-state index contributed by atoms with van der Waals surface area (Å²) in [6, 6.07) is 0. The molecule has 0 aliphatic carbocycles. The molecule has 2 fully saturated rings. The van der Waals surface area contributed by atoms with Gasteiger partial charge in [-0.05, 0) is 19.8 Å². The second kappa shape index (κ2) is 6.06. The molecule has 0 bridgehead atoms. The zero-order valence-corrected chi connectivity index (χ0v) is 13.2. The Morgan fingerprint density at radius 1 is 1.68 bits per heavy atom. The van der Waals surface area contributed by atoms with Crippen LogP contribution in [0.4, 0.5) is 0 Å². The number of hydrogen-bond acceptors (Lipinski definition) is 6. The molecule has 1 N–H and O–H groups in total. The molecular weight excluding hydrogens is 306 g/mol. The number of carbonyl (C=O) groups is 2. The lowest BCUT2D eigenvalue weighted by Crippen LogP contribution is -2.60. The summed E-state index contributed by atoms with van der Waals surface area (Å²) in [7, 11) is 0. The van der Waals surface area contributed by atoms with Crippen LogP contribution in [0.3, 0.4) is 0 Å². The fourth-order valence-electron chi connectivity index (χ4n) is 3.01. The SMILES string of the molecule is C=CCOC(=O)C1=C(C2CCCO2)SC2C(C(C)O)C(=O)N12. The Morgan fingerprint density at radius 3 is 3.05 bits per heavy atom. The van der Waals surface area contributed by atoms with Crippen molar-refractivity contribution < 1.29 is 24.2 Å². The van der Waals surface area contributed by atoms with Crippen LogP contribution in [0.1, 0.15) is 19.8 Å². The standard InChI is InChI=1S/C15H19NO5S/c1-3-6-21-15(19)11-12(9-5-4-7-20-9)22-14-10(8(2)17)13(18)16(11)14/h3,8-10,14,17H,1,4-7H2,2H3. The van der Waals surface area contributed by atoms with E-state index in [0.717, 1.165) is 17.7 Å². The molecule has 3 aliphatic rings. The van der Waals surface area contributed by atoms with E-state index in [0.29, 0.717) is 6.61 Å². The number of nitrogens with zero attached hydrogens (tertiary/aromatic N) is 1. The molecule has 0 aromatic rings. The Morgan fingerprint density at radius 2 is 2.45 bits per heavy atom. The van der Waals surface area contributed by atoms with Crippen molar-refractivity contribution in [2.75, 3.05) is 13.2 Å². The summed E-state index contributed by atoms with van der Waals surface area (Å²) < 4.78 is 10.8. The van der Waals surface area contributed by atoms with E-state index in [-0.39, 0.29) is 29.7 Å². The van der Waals surface area contributed by atoms with Gasteiger partial charge >= 0.3 is 5.97 Å². The average molecular weight is 325 g/mol. The van der Waals surface area contributed by atoms with Gasteiger partial charge in [-0.1, -0.05) is 24.4 Å². The number of ether oxygens (including phenoxy) is 2. The highest BCUT2D eigenvalue weighted by atomic mass is 32.2. The topological polar surface area (TPSA) is 76.1 Å². The fourth-order valence-corrected chi connectivity index (χ4v) is 4.71. The zero-order valence-electron chi connectivity index (χ0n) is 12.4. The van der Waals surface area contributed by atoms with Crippen molar-refractivity contribution >= 4 is 23.6 Å². The molecule has 2 saturated heterocycles. The summed E-state index contributed by atoms with van der Waals surface area (Å²) in [6.07, 6.45) is 2.34. The van der Waals surface area contributed by atoms with Crippen LogP contribution in [-0.4, -0.2) is 52.7 Å². The van der Waals surface area contributed by atoms with E-state index in [9.17, 15) is 14.7 Å². The number of thioether (sulfide) groups is 1. The van der Waals surface area contributed by atoms with Crippen LogP contribution < -0.4 is 0 Å². The molecule has 0 spiro atoms. The number of esters is 1. The molecule has 1 amide bonds. The first-order valence-corrected chi connectivity index (χ1v) is 8.25. The average Bonchev–Trinajstić information content (AvgIpc) is 3.09. The zero-order chi connectivity index (χ0) is 15.9. The lowest BCUT2D eigenvalue weighted by Gasteiger charge is -2.43.